The molecule has 59 heavy (non-hydrogen) atoms. The van der Waals surface area contributed by atoms with Crippen LogP contribution in [0.4, 0.5) is 0 Å². The van der Waals surface area contributed by atoms with E-state index in [1.165, 1.54) is 154 Å². The fourth-order valence-electron chi connectivity index (χ4n) is 8.27. The van der Waals surface area contributed by atoms with E-state index < -0.39 is 74.2 Å². The van der Waals surface area contributed by atoms with Crippen molar-refractivity contribution in [2.45, 2.75) is 287 Å². The lowest BCUT2D eigenvalue weighted by Crippen LogP contribution is -2.60. The van der Waals surface area contributed by atoms with E-state index in [0.717, 1.165) is 38.5 Å². The molecule has 11 heteroatoms. The lowest BCUT2D eigenvalue weighted by Gasteiger charge is -2.40. The Balaban J connectivity index is 2.12. The first-order chi connectivity index (χ1) is 28.7. The maximum Gasteiger partial charge on any atom is 0.249 e. The summed E-state index contributed by atoms with van der Waals surface area (Å²) in [6, 6.07) is -1.16. The number of hydrogen-bond acceptors (Lipinski definition) is 10. The van der Waals surface area contributed by atoms with E-state index in [1.54, 1.807) is 0 Å². The predicted molar refractivity (Wildman–Crippen MR) is 238 cm³/mol. The van der Waals surface area contributed by atoms with E-state index in [0.29, 0.717) is 19.3 Å². The molecule has 1 saturated heterocycles. The molecule has 0 aromatic rings. The molecule has 1 aliphatic heterocycles. The maximum atomic E-state index is 13.0. The van der Waals surface area contributed by atoms with Gasteiger partial charge in [0.05, 0.1) is 25.4 Å². The van der Waals surface area contributed by atoms with Crippen molar-refractivity contribution >= 4 is 5.91 Å². The van der Waals surface area contributed by atoms with Crippen LogP contribution in [0.25, 0.3) is 0 Å². The minimum Gasteiger partial charge on any atom is -0.394 e. The van der Waals surface area contributed by atoms with Crippen LogP contribution in [0.15, 0.2) is 0 Å². The van der Waals surface area contributed by atoms with Gasteiger partial charge in [0, 0.05) is 0 Å². The van der Waals surface area contributed by atoms with Crippen molar-refractivity contribution in [3.63, 3.8) is 0 Å². The Bertz CT molecular complexity index is 928. The number of aliphatic hydroxyl groups excluding tert-OH is 7. The fourth-order valence-corrected chi connectivity index (χ4v) is 8.27. The highest BCUT2D eigenvalue weighted by atomic mass is 16.7. The zero-order valence-corrected chi connectivity index (χ0v) is 38.0. The third-order valence-corrected chi connectivity index (χ3v) is 12.4. The lowest BCUT2D eigenvalue weighted by molar-refractivity contribution is -0.303. The normalized spacial score (nSPS) is 21.7. The molecule has 352 valence electrons. The van der Waals surface area contributed by atoms with Crippen molar-refractivity contribution in [3.05, 3.63) is 0 Å². The largest absolute Gasteiger partial charge is 0.394 e. The first kappa shape index (κ1) is 56.1. The summed E-state index contributed by atoms with van der Waals surface area (Å²) in [5.74, 6) is -0.699. The molecule has 1 aliphatic rings. The van der Waals surface area contributed by atoms with Gasteiger partial charge in [-0.3, -0.25) is 4.79 Å². The van der Waals surface area contributed by atoms with E-state index in [2.05, 4.69) is 19.2 Å². The molecule has 0 aromatic heterocycles. The van der Waals surface area contributed by atoms with Gasteiger partial charge in [-0.25, -0.2) is 0 Å². The molecule has 0 aliphatic carbocycles. The Morgan fingerprint density at radius 3 is 1.27 bits per heavy atom. The van der Waals surface area contributed by atoms with E-state index in [4.69, 9.17) is 9.47 Å². The average molecular weight is 846 g/mol. The number of carbonyl (C=O) groups is 1. The Hall–Kier alpha value is -0.890. The van der Waals surface area contributed by atoms with Gasteiger partial charge in [-0.1, -0.05) is 219 Å². The summed E-state index contributed by atoms with van der Waals surface area (Å²) in [5.41, 5.74) is 0. The molecule has 1 fully saturated rings. The van der Waals surface area contributed by atoms with Crippen molar-refractivity contribution < 1.29 is 50.0 Å². The van der Waals surface area contributed by atoms with E-state index >= 15 is 0 Å². The highest BCUT2D eigenvalue weighted by Gasteiger charge is 2.44. The summed E-state index contributed by atoms with van der Waals surface area (Å²) in [6.07, 6.45) is 29.8. The van der Waals surface area contributed by atoms with Gasteiger partial charge < -0.3 is 50.5 Å². The number of rotatable bonds is 42. The van der Waals surface area contributed by atoms with Gasteiger partial charge in [0.25, 0.3) is 0 Å². The van der Waals surface area contributed by atoms with Crippen LogP contribution in [-0.2, 0) is 14.3 Å². The molecule has 11 nitrogen and oxygen atoms in total. The van der Waals surface area contributed by atoms with Crippen molar-refractivity contribution in [2.75, 3.05) is 13.2 Å². The highest BCUT2D eigenvalue weighted by Crippen LogP contribution is 2.23. The minimum absolute atomic E-state index is 0.265. The summed E-state index contributed by atoms with van der Waals surface area (Å²) in [6.45, 7) is 3.31. The average Bonchev–Trinajstić information content (AvgIpc) is 3.24. The number of ether oxygens (including phenoxy) is 2. The second-order valence-electron chi connectivity index (χ2n) is 17.9. The van der Waals surface area contributed by atoms with Gasteiger partial charge in [-0.2, -0.15) is 0 Å². The molecular formula is C48H95NO10. The van der Waals surface area contributed by atoms with Crippen LogP contribution in [0.3, 0.4) is 0 Å². The van der Waals surface area contributed by atoms with Crippen molar-refractivity contribution in [1.82, 2.24) is 5.32 Å². The molecule has 8 N–H and O–H groups in total. The number of amides is 1. The van der Waals surface area contributed by atoms with E-state index in [1.807, 2.05) is 0 Å². The minimum atomic E-state index is -1.65. The lowest BCUT2D eigenvalue weighted by atomic mass is 9.98. The summed E-state index contributed by atoms with van der Waals surface area (Å²) in [7, 11) is 0. The quantitative estimate of drug-likeness (QED) is 0.0276. The monoisotopic (exact) mass is 846 g/mol. The third kappa shape index (κ3) is 28.4. The second kappa shape index (κ2) is 38.8. The zero-order valence-electron chi connectivity index (χ0n) is 38.0. The first-order valence-electron chi connectivity index (χ1n) is 24.9. The van der Waals surface area contributed by atoms with Crippen LogP contribution in [0, 0.1) is 0 Å². The van der Waals surface area contributed by atoms with Gasteiger partial charge in [-0.15, -0.1) is 0 Å². The molecule has 1 heterocycles. The smallest absolute Gasteiger partial charge is 0.249 e. The molecule has 0 bridgehead atoms. The molecule has 9 unspecified atom stereocenters. The molecule has 9 atom stereocenters. The predicted octanol–water partition coefficient (Wildman–Crippen LogP) is 8.67. The number of nitrogens with one attached hydrogen (secondary N) is 1. The zero-order chi connectivity index (χ0) is 43.4. The summed E-state index contributed by atoms with van der Waals surface area (Å²) >= 11 is 0. The summed E-state index contributed by atoms with van der Waals surface area (Å²) in [5, 5.41) is 74.9. The summed E-state index contributed by atoms with van der Waals surface area (Å²) in [4.78, 5) is 13.0. The standard InChI is InChI=1S/C48H95NO10/c1-3-5-7-9-10-11-12-13-14-15-16-17-18-19-20-21-22-23-24-25-26-27-28-29-30-31-32-34-36-41(52)47(57)49-39(43(53)40(51)35-33-8-6-4-2)38-58-48-46(56)45(55)44(54)42(37-50)59-48/h39-46,48,50-56H,3-38H2,1-2H3,(H,49,57). The van der Waals surface area contributed by atoms with E-state index in [-0.39, 0.29) is 6.42 Å². The highest BCUT2D eigenvalue weighted by molar-refractivity contribution is 5.80. The van der Waals surface area contributed by atoms with Gasteiger partial charge in [-0.05, 0) is 12.8 Å². The van der Waals surface area contributed by atoms with Crippen LogP contribution < -0.4 is 5.32 Å². The molecule has 0 radical (unpaired) electrons. The molecule has 0 spiro atoms. The van der Waals surface area contributed by atoms with Crippen molar-refractivity contribution in [1.29, 1.82) is 0 Å². The Morgan fingerprint density at radius 1 is 0.525 bits per heavy atom. The molecule has 1 rings (SSSR count). The Labute approximate surface area is 360 Å². The van der Waals surface area contributed by atoms with Gasteiger partial charge in [0.1, 0.15) is 36.6 Å². The fraction of sp³-hybridized carbons (Fsp3) is 0.979. The van der Waals surface area contributed by atoms with Crippen LogP contribution in [0.2, 0.25) is 0 Å². The van der Waals surface area contributed by atoms with Gasteiger partial charge >= 0.3 is 0 Å². The summed E-state index contributed by atoms with van der Waals surface area (Å²) < 4.78 is 11.0. The Kier molecular flexibility index (Phi) is 36.9. The van der Waals surface area contributed by atoms with E-state index in [9.17, 15) is 40.5 Å². The molecule has 1 amide bonds. The van der Waals surface area contributed by atoms with Crippen molar-refractivity contribution in [3.8, 4) is 0 Å². The first-order valence-corrected chi connectivity index (χ1v) is 24.9. The van der Waals surface area contributed by atoms with Gasteiger partial charge in [0.15, 0.2) is 6.29 Å². The van der Waals surface area contributed by atoms with Crippen LogP contribution >= 0.6 is 0 Å². The van der Waals surface area contributed by atoms with Crippen LogP contribution in [-0.4, -0.2) is 110 Å². The molecule has 0 aromatic carbocycles. The number of hydrogen-bond donors (Lipinski definition) is 8. The van der Waals surface area contributed by atoms with Crippen molar-refractivity contribution in [2.24, 2.45) is 0 Å². The Morgan fingerprint density at radius 2 is 0.881 bits per heavy atom. The number of unbranched alkanes of at least 4 members (excludes halogenated alkanes) is 30. The van der Waals surface area contributed by atoms with Crippen LogP contribution in [0.1, 0.15) is 232 Å². The number of carbonyl (C=O) groups excluding carboxylic acids is 1. The molecular weight excluding hydrogens is 751 g/mol. The maximum absolute atomic E-state index is 13.0. The second-order valence-corrected chi connectivity index (χ2v) is 17.9. The number of aliphatic hydroxyl groups is 7. The topological polar surface area (TPSA) is 189 Å². The molecule has 0 saturated carbocycles. The van der Waals surface area contributed by atoms with Crippen LogP contribution in [0.5, 0.6) is 0 Å². The van der Waals surface area contributed by atoms with Gasteiger partial charge in [0.2, 0.25) is 5.91 Å². The third-order valence-electron chi connectivity index (χ3n) is 12.4. The SMILES string of the molecule is CCCCCCCCCCCCCCCCCCCCCCCCCCCCCCC(O)C(=O)NC(COC1OC(CO)C(O)C(O)C1O)C(O)C(O)CCCCCC.